The summed E-state index contributed by atoms with van der Waals surface area (Å²) in [5, 5.41) is 0.805. The first-order valence-corrected chi connectivity index (χ1v) is 7.20. The highest BCUT2D eigenvalue weighted by Gasteiger charge is 2.07. The maximum Gasteiger partial charge on any atom is 0.192 e. The van der Waals surface area contributed by atoms with Gasteiger partial charge in [-0.3, -0.25) is 0 Å². The Morgan fingerprint density at radius 2 is 1.74 bits per heavy atom. The minimum atomic E-state index is 0.657. The van der Waals surface area contributed by atoms with E-state index in [1.807, 2.05) is 19.9 Å². The molecule has 0 fully saturated rings. The summed E-state index contributed by atoms with van der Waals surface area (Å²) in [6.45, 7) is 6.75. The zero-order valence-corrected chi connectivity index (χ0v) is 12.4. The number of rotatable bonds is 4. The Morgan fingerprint density at radius 1 is 1.05 bits per heavy atom. The summed E-state index contributed by atoms with van der Waals surface area (Å²) in [7, 11) is 0. The van der Waals surface area contributed by atoms with E-state index < -0.39 is 0 Å². The Hall–Kier alpha value is -1.39. The lowest BCUT2D eigenvalue weighted by Crippen LogP contribution is -2.04. The smallest absolute Gasteiger partial charge is 0.192 e. The molecule has 0 unspecified atom stereocenters. The summed E-state index contributed by atoms with van der Waals surface area (Å²) in [6, 6.07) is 8.43. The minimum absolute atomic E-state index is 0.657. The van der Waals surface area contributed by atoms with Gasteiger partial charge in [-0.05, 0) is 63.2 Å². The third kappa shape index (κ3) is 3.78. The summed E-state index contributed by atoms with van der Waals surface area (Å²) in [6.07, 6.45) is 0.884. The van der Waals surface area contributed by atoms with Crippen molar-refractivity contribution < 1.29 is 0 Å². The lowest BCUT2D eigenvalue weighted by Gasteiger charge is -2.09. The maximum atomic E-state index is 5.68. The van der Waals surface area contributed by atoms with Gasteiger partial charge in [-0.1, -0.05) is 17.7 Å². The van der Waals surface area contributed by atoms with Crippen LogP contribution in [0.1, 0.15) is 22.5 Å². The highest BCUT2D eigenvalue weighted by atomic mass is 32.2. The van der Waals surface area contributed by atoms with Gasteiger partial charge in [0.2, 0.25) is 0 Å². The first-order valence-electron chi connectivity index (χ1n) is 6.38. The molecule has 0 saturated heterocycles. The Bertz CT molecular complexity index is 561. The number of hydrogen-bond acceptors (Lipinski definition) is 4. The van der Waals surface area contributed by atoms with Crippen LogP contribution in [0, 0.1) is 20.8 Å². The van der Waals surface area contributed by atoms with Gasteiger partial charge in [0, 0.05) is 16.3 Å². The van der Waals surface area contributed by atoms with Crippen LogP contribution >= 0.6 is 11.8 Å². The third-order valence-corrected chi connectivity index (χ3v) is 3.78. The number of nitrogens with two attached hydrogens (primary N) is 1. The van der Waals surface area contributed by atoms with E-state index in [0.29, 0.717) is 6.54 Å². The van der Waals surface area contributed by atoms with Gasteiger partial charge in [0.15, 0.2) is 5.16 Å². The molecule has 1 aromatic heterocycles. The molecule has 19 heavy (non-hydrogen) atoms. The molecule has 0 saturated carbocycles. The molecule has 0 bridgehead atoms. The summed E-state index contributed by atoms with van der Waals surface area (Å²) < 4.78 is 0. The van der Waals surface area contributed by atoms with Crippen molar-refractivity contribution in [2.75, 3.05) is 6.54 Å². The molecule has 0 radical (unpaired) electrons. The van der Waals surface area contributed by atoms with Crippen LogP contribution in [-0.4, -0.2) is 16.5 Å². The monoisotopic (exact) mass is 273 g/mol. The van der Waals surface area contributed by atoms with E-state index in [2.05, 4.69) is 35.1 Å². The molecule has 1 heterocycles. The van der Waals surface area contributed by atoms with Gasteiger partial charge >= 0.3 is 0 Å². The van der Waals surface area contributed by atoms with Crippen molar-refractivity contribution in [3.8, 4) is 0 Å². The van der Waals surface area contributed by atoms with Crippen molar-refractivity contribution >= 4 is 11.8 Å². The van der Waals surface area contributed by atoms with Crippen LogP contribution in [0.4, 0.5) is 0 Å². The van der Waals surface area contributed by atoms with Crippen LogP contribution in [0.5, 0.6) is 0 Å². The van der Waals surface area contributed by atoms with Crippen LogP contribution < -0.4 is 5.73 Å². The molecule has 0 spiro atoms. The van der Waals surface area contributed by atoms with Gasteiger partial charge in [-0.2, -0.15) is 0 Å². The Balaban J connectivity index is 2.31. The summed E-state index contributed by atoms with van der Waals surface area (Å²) in [5.41, 5.74) is 10.2. The zero-order chi connectivity index (χ0) is 13.8. The van der Waals surface area contributed by atoms with Crippen LogP contribution in [0.15, 0.2) is 34.3 Å². The molecule has 2 rings (SSSR count). The maximum absolute atomic E-state index is 5.68. The molecule has 0 aliphatic rings. The van der Waals surface area contributed by atoms with E-state index in [4.69, 9.17) is 5.73 Å². The molecule has 4 heteroatoms. The van der Waals surface area contributed by atoms with E-state index in [0.717, 1.165) is 23.0 Å². The number of aromatic nitrogens is 2. The van der Waals surface area contributed by atoms with Crippen molar-refractivity contribution in [2.24, 2.45) is 5.73 Å². The highest BCUT2D eigenvalue weighted by Crippen LogP contribution is 2.29. The average molecular weight is 273 g/mol. The van der Waals surface area contributed by atoms with E-state index in [9.17, 15) is 0 Å². The fourth-order valence-electron chi connectivity index (χ4n) is 2.00. The first kappa shape index (κ1) is 14.0. The molecule has 0 aliphatic heterocycles. The summed E-state index contributed by atoms with van der Waals surface area (Å²) in [5.74, 6) is 0. The quantitative estimate of drug-likeness (QED) is 0.870. The average Bonchev–Trinajstić information content (AvgIpc) is 2.32. The topological polar surface area (TPSA) is 51.8 Å². The molecule has 0 atom stereocenters. The molecule has 2 N–H and O–H groups in total. The van der Waals surface area contributed by atoms with Gasteiger partial charge < -0.3 is 5.73 Å². The summed E-state index contributed by atoms with van der Waals surface area (Å²) >= 11 is 1.61. The fraction of sp³-hybridized carbons (Fsp3) is 0.333. The molecule has 0 amide bonds. The van der Waals surface area contributed by atoms with Gasteiger partial charge in [0.25, 0.3) is 0 Å². The standard InChI is InChI=1S/C15H19N3S/c1-10-4-5-14(13(8-10)6-7-16)19-15-17-11(2)9-12(3)18-15/h4-5,8-9H,6-7,16H2,1-3H3. The predicted octanol–water partition coefficient (Wildman–Crippen LogP) is 3.05. The Labute approximate surface area is 118 Å². The van der Waals surface area contributed by atoms with Crippen molar-refractivity contribution in [3.05, 3.63) is 46.8 Å². The fourth-order valence-corrected chi connectivity index (χ4v) is 3.00. The number of nitrogens with zero attached hydrogens (tertiary/aromatic N) is 2. The van der Waals surface area contributed by atoms with E-state index in [-0.39, 0.29) is 0 Å². The molecular formula is C15H19N3S. The van der Waals surface area contributed by atoms with E-state index in [1.165, 1.54) is 16.0 Å². The van der Waals surface area contributed by atoms with Gasteiger partial charge in [-0.15, -0.1) is 0 Å². The Kier molecular flexibility index (Phi) is 4.56. The van der Waals surface area contributed by atoms with Gasteiger partial charge in [0.1, 0.15) is 0 Å². The van der Waals surface area contributed by atoms with Gasteiger partial charge in [0.05, 0.1) is 0 Å². The molecule has 3 nitrogen and oxygen atoms in total. The molecule has 2 aromatic rings. The number of hydrogen-bond donors (Lipinski definition) is 1. The Morgan fingerprint density at radius 3 is 2.37 bits per heavy atom. The van der Waals surface area contributed by atoms with Crippen LogP contribution in [0.2, 0.25) is 0 Å². The predicted molar refractivity (Wildman–Crippen MR) is 79.6 cm³/mol. The molecular weight excluding hydrogens is 254 g/mol. The number of benzene rings is 1. The van der Waals surface area contributed by atoms with Crippen LogP contribution in [0.25, 0.3) is 0 Å². The molecule has 1 aromatic carbocycles. The van der Waals surface area contributed by atoms with E-state index in [1.54, 1.807) is 11.8 Å². The number of aryl methyl sites for hydroxylation is 3. The van der Waals surface area contributed by atoms with Crippen molar-refractivity contribution in [3.63, 3.8) is 0 Å². The van der Waals surface area contributed by atoms with Crippen molar-refractivity contribution in [1.29, 1.82) is 0 Å². The minimum Gasteiger partial charge on any atom is -0.330 e. The third-order valence-electron chi connectivity index (χ3n) is 2.79. The first-order chi connectivity index (χ1) is 9.08. The SMILES string of the molecule is Cc1ccc(Sc2nc(C)cc(C)n2)c(CCN)c1. The lowest BCUT2D eigenvalue weighted by molar-refractivity contribution is 0.897. The largest absolute Gasteiger partial charge is 0.330 e. The highest BCUT2D eigenvalue weighted by molar-refractivity contribution is 7.99. The normalized spacial score (nSPS) is 10.7. The summed E-state index contributed by atoms with van der Waals surface area (Å²) in [4.78, 5) is 10.1. The lowest BCUT2D eigenvalue weighted by atomic mass is 10.1. The van der Waals surface area contributed by atoms with Crippen LogP contribution in [0.3, 0.4) is 0 Å². The second-order valence-electron chi connectivity index (χ2n) is 4.69. The van der Waals surface area contributed by atoms with Crippen LogP contribution in [-0.2, 0) is 6.42 Å². The molecule has 0 aliphatic carbocycles. The van der Waals surface area contributed by atoms with Crippen molar-refractivity contribution in [1.82, 2.24) is 9.97 Å². The zero-order valence-electron chi connectivity index (χ0n) is 11.6. The van der Waals surface area contributed by atoms with E-state index >= 15 is 0 Å². The second kappa shape index (κ2) is 6.17. The van der Waals surface area contributed by atoms with Gasteiger partial charge in [-0.25, -0.2) is 9.97 Å². The van der Waals surface area contributed by atoms with Crippen molar-refractivity contribution in [2.45, 2.75) is 37.2 Å². The molecule has 100 valence electrons. The second-order valence-corrected chi connectivity index (χ2v) is 5.69.